The second kappa shape index (κ2) is 9.95. The molecular weight excluding hydrogens is 470 g/mol. The topological polar surface area (TPSA) is 90.4 Å². The molecule has 2 fully saturated rings. The first-order valence-electron chi connectivity index (χ1n) is 12.6. The number of rotatable bonds is 7. The minimum Gasteiger partial charge on any atom is -0.507 e. The van der Waals surface area contributed by atoms with Gasteiger partial charge in [-0.25, -0.2) is 0 Å². The van der Waals surface area contributed by atoms with E-state index in [2.05, 4.69) is 11.5 Å². The Labute approximate surface area is 216 Å². The molecule has 3 aliphatic rings. The molecule has 2 aromatic carbocycles. The van der Waals surface area contributed by atoms with Gasteiger partial charge in [0.2, 0.25) is 0 Å². The zero-order valence-corrected chi connectivity index (χ0v) is 21.0. The molecule has 0 aromatic heterocycles. The Morgan fingerprint density at radius 1 is 1.05 bits per heavy atom. The van der Waals surface area contributed by atoms with Crippen molar-refractivity contribution in [3.63, 3.8) is 0 Å². The third kappa shape index (κ3) is 3.97. The van der Waals surface area contributed by atoms with Crippen molar-refractivity contribution in [3.05, 3.63) is 83.4 Å². The number of Topliss-reactive ketones (excluding diaryl/α,β-unsaturated/α-hetero) is 1. The summed E-state index contributed by atoms with van der Waals surface area (Å²) in [7, 11) is 0. The molecule has 0 radical (unpaired) electrons. The molecule has 2 saturated heterocycles. The van der Waals surface area contributed by atoms with Gasteiger partial charge in [0.05, 0.1) is 24.5 Å². The fourth-order valence-corrected chi connectivity index (χ4v) is 5.61. The van der Waals surface area contributed by atoms with Gasteiger partial charge in [-0.3, -0.25) is 19.3 Å². The predicted molar refractivity (Wildman–Crippen MR) is 140 cm³/mol. The highest BCUT2D eigenvalue weighted by Crippen LogP contribution is 2.53. The summed E-state index contributed by atoms with van der Waals surface area (Å²) in [5.41, 5.74) is 0.548. The molecule has 2 amide bonds. The van der Waals surface area contributed by atoms with Gasteiger partial charge in [0.25, 0.3) is 17.6 Å². The molecular formula is C29H31N3O5. The molecule has 5 rings (SSSR count). The number of hydrogen-bond donors (Lipinski definition) is 1. The Morgan fingerprint density at radius 3 is 2.46 bits per heavy atom. The molecule has 3 aliphatic heterocycles. The van der Waals surface area contributed by atoms with Crippen LogP contribution in [0.4, 0.5) is 5.69 Å². The monoisotopic (exact) mass is 501 g/mol. The number of likely N-dealkylation sites (tertiary alicyclic amines) is 1. The second-order valence-corrected chi connectivity index (χ2v) is 9.62. The smallest absolute Gasteiger partial charge is 0.296 e. The maximum absolute atomic E-state index is 14.3. The number of aliphatic hydroxyl groups excluding tert-OH is 1. The van der Waals surface area contributed by atoms with Crippen LogP contribution >= 0.6 is 0 Å². The number of hydrogen-bond acceptors (Lipinski definition) is 6. The lowest BCUT2D eigenvalue weighted by atomic mass is 9.81. The lowest BCUT2D eigenvalue weighted by molar-refractivity contribution is -0.143. The van der Waals surface area contributed by atoms with E-state index in [1.807, 2.05) is 25.1 Å². The molecule has 8 heteroatoms. The summed E-state index contributed by atoms with van der Waals surface area (Å²) in [5, 5.41) is 11.5. The number of anilines is 1. The van der Waals surface area contributed by atoms with Crippen LogP contribution in [0.2, 0.25) is 0 Å². The number of carbonyl (C=O) groups excluding carboxylic acids is 3. The van der Waals surface area contributed by atoms with E-state index in [0.717, 1.165) is 18.7 Å². The molecule has 0 bridgehead atoms. The van der Waals surface area contributed by atoms with Crippen LogP contribution in [0.5, 0.6) is 0 Å². The number of para-hydroxylation sites is 1. The molecule has 3 heterocycles. The molecule has 0 saturated carbocycles. The zero-order valence-electron chi connectivity index (χ0n) is 21.0. The molecule has 8 nitrogen and oxygen atoms in total. The minimum atomic E-state index is -1.74. The Kier molecular flexibility index (Phi) is 6.70. The summed E-state index contributed by atoms with van der Waals surface area (Å²) < 4.78 is 5.42. The molecule has 1 unspecified atom stereocenters. The van der Waals surface area contributed by atoms with Crippen molar-refractivity contribution >= 4 is 29.0 Å². The quantitative estimate of drug-likeness (QED) is 0.272. The van der Waals surface area contributed by atoms with E-state index in [4.69, 9.17) is 4.74 Å². The van der Waals surface area contributed by atoms with Crippen molar-refractivity contribution in [1.29, 1.82) is 0 Å². The van der Waals surface area contributed by atoms with Crippen LogP contribution in [0.15, 0.2) is 66.8 Å². The summed E-state index contributed by atoms with van der Waals surface area (Å²) in [4.78, 5) is 46.6. The van der Waals surface area contributed by atoms with E-state index in [1.165, 1.54) is 9.80 Å². The maximum atomic E-state index is 14.3. The van der Waals surface area contributed by atoms with E-state index < -0.39 is 23.1 Å². The van der Waals surface area contributed by atoms with Crippen LogP contribution in [0.1, 0.15) is 23.1 Å². The number of amides is 2. The van der Waals surface area contributed by atoms with Crippen LogP contribution in [-0.4, -0.2) is 78.4 Å². The van der Waals surface area contributed by atoms with Gasteiger partial charge in [-0.15, -0.1) is 6.58 Å². The van der Waals surface area contributed by atoms with E-state index in [9.17, 15) is 19.5 Å². The number of nitrogens with zero attached hydrogens (tertiary/aromatic N) is 3. The van der Waals surface area contributed by atoms with Crippen LogP contribution < -0.4 is 4.90 Å². The number of carbonyl (C=O) groups is 3. The summed E-state index contributed by atoms with van der Waals surface area (Å²) in [5.74, 6) is -2.42. The first kappa shape index (κ1) is 24.9. The van der Waals surface area contributed by atoms with E-state index >= 15 is 0 Å². The van der Waals surface area contributed by atoms with Crippen molar-refractivity contribution in [2.75, 3.05) is 50.8 Å². The molecule has 1 atom stereocenters. The number of benzene rings is 2. The van der Waals surface area contributed by atoms with Crippen molar-refractivity contribution in [2.45, 2.75) is 18.9 Å². The largest absolute Gasteiger partial charge is 0.507 e. The fourth-order valence-electron chi connectivity index (χ4n) is 5.61. The van der Waals surface area contributed by atoms with Crippen molar-refractivity contribution in [1.82, 2.24) is 9.80 Å². The van der Waals surface area contributed by atoms with Crippen LogP contribution in [-0.2, 0) is 24.7 Å². The predicted octanol–water partition coefficient (Wildman–Crippen LogP) is 2.83. The van der Waals surface area contributed by atoms with Gasteiger partial charge in [-0.1, -0.05) is 54.1 Å². The highest BCUT2D eigenvalue weighted by molar-refractivity contribution is 6.50. The van der Waals surface area contributed by atoms with Crippen molar-refractivity contribution in [3.8, 4) is 0 Å². The second-order valence-electron chi connectivity index (χ2n) is 9.62. The van der Waals surface area contributed by atoms with Gasteiger partial charge >= 0.3 is 0 Å². The normalized spacial score (nSPS) is 23.2. The van der Waals surface area contributed by atoms with Crippen LogP contribution in [0.25, 0.3) is 5.76 Å². The van der Waals surface area contributed by atoms with E-state index in [0.29, 0.717) is 43.0 Å². The van der Waals surface area contributed by atoms with E-state index in [1.54, 1.807) is 36.4 Å². The third-order valence-electron chi connectivity index (χ3n) is 7.41. The zero-order chi connectivity index (χ0) is 26.2. The molecule has 37 heavy (non-hydrogen) atoms. The average molecular weight is 502 g/mol. The first-order valence-corrected chi connectivity index (χ1v) is 12.6. The summed E-state index contributed by atoms with van der Waals surface area (Å²) in [6.45, 7) is 9.71. The summed E-state index contributed by atoms with van der Waals surface area (Å²) >= 11 is 0. The fraction of sp³-hybridized carbons (Fsp3) is 0.345. The number of morpholine rings is 1. The molecule has 1 N–H and O–H groups in total. The highest BCUT2D eigenvalue weighted by Gasteiger charge is 2.66. The van der Waals surface area contributed by atoms with Crippen molar-refractivity contribution < 1.29 is 24.2 Å². The highest BCUT2D eigenvalue weighted by atomic mass is 16.5. The Balaban J connectivity index is 1.65. The summed E-state index contributed by atoms with van der Waals surface area (Å²) in [6, 6.07) is 14.2. The number of aliphatic hydroxyl groups is 1. The maximum Gasteiger partial charge on any atom is 0.296 e. The Hall–Kier alpha value is -3.75. The lowest BCUT2D eigenvalue weighted by Crippen LogP contribution is -2.52. The van der Waals surface area contributed by atoms with Gasteiger partial charge in [0.15, 0.2) is 5.54 Å². The van der Waals surface area contributed by atoms with Gasteiger partial charge in [-0.2, -0.15) is 0 Å². The summed E-state index contributed by atoms with van der Waals surface area (Å²) in [6.07, 6.45) is 2.18. The van der Waals surface area contributed by atoms with E-state index in [-0.39, 0.29) is 24.4 Å². The molecule has 1 spiro atoms. The standard InChI is InChI=1S/C29H31N3O5/c1-3-13-31-23-8-5-4-7-22(23)29(28(31)36)24(25(33)21-11-9-20(2)10-12-21)26(34)27(35)32(29)15-6-14-30-16-18-37-19-17-30/h3-5,7-12,33H,1,6,13-19H2,2H3. The SMILES string of the molecule is C=CCN1C(=O)C2(C(=C(O)c3ccc(C)cc3)C(=O)C(=O)N2CCCN2CCOCC2)c2ccccc21. The third-order valence-corrected chi connectivity index (χ3v) is 7.41. The number of ketones is 1. The number of ether oxygens (including phenoxy) is 1. The van der Waals surface area contributed by atoms with Gasteiger partial charge < -0.3 is 19.6 Å². The van der Waals surface area contributed by atoms with Gasteiger partial charge in [0, 0.05) is 43.9 Å². The van der Waals surface area contributed by atoms with Gasteiger partial charge in [-0.05, 0) is 19.4 Å². The number of fused-ring (bicyclic) bond motifs is 2. The minimum absolute atomic E-state index is 0.184. The van der Waals surface area contributed by atoms with Crippen LogP contribution in [0, 0.1) is 6.92 Å². The van der Waals surface area contributed by atoms with Gasteiger partial charge in [0.1, 0.15) is 5.76 Å². The van der Waals surface area contributed by atoms with Crippen LogP contribution in [0.3, 0.4) is 0 Å². The number of aryl methyl sites for hydroxylation is 1. The molecule has 0 aliphatic carbocycles. The van der Waals surface area contributed by atoms with Crippen molar-refractivity contribution in [2.24, 2.45) is 0 Å². The Morgan fingerprint density at radius 2 is 1.76 bits per heavy atom. The Bertz CT molecular complexity index is 1280. The molecule has 2 aromatic rings. The average Bonchev–Trinajstić information content (AvgIpc) is 3.28. The first-order chi connectivity index (χ1) is 17.9. The molecule has 192 valence electrons. The lowest BCUT2D eigenvalue weighted by Gasteiger charge is -2.35.